The second-order valence-corrected chi connectivity index (χ2v) is 8.62. The minimum Gasteiger partial charge on any atom is -0.350 e. The lowest BCUT2D eigenvalue weighted by molar-refractivity contribution is 0.0939. The minimum absolute atomic E-state index is 0.0442. The van der Waals surface area contributed by atoms with Crippen LogP contribution < -0.4 is 9.62 Å². The molecule has 1 atom stereocenters. The van der Waals surface area contributed by atoms with Crippen LogP contribution in [0.1, 0.15) is 36.2 Å². The number of amides is 1. The van der Waals surface area contributed by atoms with Crippen LogP contribution in [-0.2, 0) is 10.0 Å². The molecule has 1 amide bonds. The highest BCUT2D eigenvalue weighted by Gasteiger charge is 2.23. The van der Waals surface area contributed by atoms with Crippen molar-refractivity contribution < 1.29 is 13.2 Å². The molecule has 0 saturated carbocycles. The van der Waals surface area contributed by atoms with Gasteiger partial charge in [-0.15, -0.1) is 0 Å². The number of sulfonamides is 1. The summed E-state index contributed by atoms with van der Waals surface area (Å²) in [6.45, 7) is 5.71. The molecule has 5 nitrogen and oxygen atoms in total. The first-order valence-electron chi connectivity index (χ1n) is 8.32. The minimum atomic E-state index is -3.76. The summed E-state index contributed by atoms with van der Waals surface area (Å²) in [7, 11) is -2.28. The quantitative estimate of drug-likeness (QED) is 0.805. The molecule has 0 aliphatic rings. The summed E-state index contributed by atoms with van der Waals surface area (Å²) in [6.07, 6.45) is 0.815. The van der Waals surface area contributed by atoms with Gasteiger partial charge in [0.2, 0.25) is 0 Å². The molecule has 0 fully saturated rings. The molecule has 0 aliphatic carbocycles. The Bertz CT molecular complexity index is 896. The van der Waals surface area contributed by atoms with Gasteiger partial charge >= 0.3 is 0 Å². The highest BCUT2D eigenvalue weighted by atomic mass is 35.5. The zero-order valence-electron chi connectivity index (χ0n) is 15.3. The van der Waals surface area contributed by atoms with Gasteiger partial charge < -0.3 is 5.32 Å². The smallest absolute Gasteiger partial charge is 0.264 e. The maximum Gasteiger partial charge on any atom is 0.264 e. The number of benzene rings is 2. The third-order valence-electron chi connectivity index (χ3n) is 4.27. The van der Waals surface area contributed by atoms with Gasteiger partial charge in [0.25, 0.3) is 15.9 Å². The highest BCUT2D eigenvalue weighted by Crippen LogP contribution is 2.27. The maximum atomic E-state index is 12.9. The van der Waals surface area contributed by atoms with Crippen molar-refractivity contribution in [2.45, 2.75) is 38.1 Å². The average molecular weight is 395 g/mol. The summed E-state index contributed by atoms with van der Waals surface area (Å²) in [6, 6.07) is 11.1. The summed E-state index contributed by atoms with van der Waals surface area (Å²) in [4.78, 5) is 12.5. The van der Waals surface area contributed by atoms with Crippen LogP contribution in [0.4, 0.5) is 5.69 Å². The lowest BCUT2D eigenvalue weighted by Crippen LogP contribution is -2.32. The van der Waals surface area contributed by atoms with Crippen LogP contribution in [0.3, 0.4) is 0 Å². The fourth-order valence-corrected chi connectivity index (χ4v) is 3.77. The Morgan fingerprint density at radius 1 is 1.19 bits per heavy atom. The number of rotatable bonds is 6. The Kier molecular flexibility index (Phi) is 6.31. The van der Waals surface area contributed by atoms with E-state index in [1.165, 1.54) is 35.6 Å². The molecule has 2 rings (SSSR count). The lowest BCUT2D eigenvalue weighted by Gasteiger charge is -2.22. The molecule has 2 aromatic carbocycles. The topological polar surface area (TPSA) is 66.5 Å². The van der Waals surface area contributed by atoms with E-state index in [9.17, 15) is 13.2 Å². The van der Waals surface area contributed by atoms with Gasteiger partial charge in [-0.1, -0.05) is 24.6 Å². The zero-order chi connectivity index (χ0) is 19.5. The van der Waals surface area contributed by atoms with Gasteiger partial charge in [-0.2, -0.15) is 0 Å². The van der Waals surface area contributed by atoms with Crippen LogP contribution in [0.25, 0.3) is 0 Å². The van der Waals surface area contributed by atoms with Crippen LogP contribution in [-0.4, -0.2) is 27.4 Å². The Morgan fingerprint density at radius 2 is 1.81 bits per heavy atom. The van der Waals surface area contributed by atoms with Gasteiger partial charge in [0, 0.05) is 23.7 Å². The van der Waals surface area contributed by atoms with Gasteiger partial charge in [-0.3, -0.25) is 9.10 Å². The highest BCUT2D eigenvalue weighted by molar-refractivity contribution is 7.92. The molecule has 0 unspecified atom stereocenters. The first-order valence-corrected chi connectivity index (χ1v) is 10.1. The van der Waals surface area contributed by atoms with Crippen molar-refractivity contribution in [1.82, 2.24) is 5.32 Å². The monoisotopic (exact) mass is 394 g/mol. The fraction of sp³-hybridized carbons (Fsp3) is 0.316. The van der Waals surface area contributed by atoms with E-state index < -0.39 is 10.0 Å². The van der Waals surface area contributed by atoms with Gasteiger partial charge in [-0.25, -0.2) is 8.42 Å². The number of hydrogen-bond donors (Lipinski definition) is 1. The second kappa shape index (κ2) is 8.10. The van der Waals surface area contributed by atoms with Crippen molar-refractivity contribution in [2.24, 2.45) is 0 Å². The van der Waals surface area contributed by atoms with Crippen molar-refractivity contribution in [3.63, 3.8) is 0 Å². The van der Waals surface area contributed by atoms with Crippen LogP contribution in [0.5, 0.6) is 0 Å². The molecule has 140 valence electrons. The van der Waals surface area contributed by atoms with Crippen molar-refractivity contribution in [3.8, 4) is 0 Å². The summed E-state index contributed by atoms with van der Waals surface area (Å²) in [5.74, 6) is -0.224. The SMILES string of the molecule is CC[C@@H](C)NC(=O)c1ccc(C)c(N(C)S(=O)(=O)c2ccc(Cl)cc2)c1. The molecule has 26 heavy (non-hydrogen) atoms. The first kappa shape index (κ1) is 20.3. The number of anilines is 1. The molecule has 7 heteroatoms. The van der Waals surface area contributed by atoms with Gasteiger partial charge in [-0.05, 0) is 62.2 Å². The third-order valence-corrected chi connectivity index (χ3v) is 6.31. The largest absolute Gasteiger partial charge is 0.350 e. The van der Waals surface area contributed by atoms with E-state index in [1.807, 2.05) is 13.8 Å². The number of halogens is 1. The molecule has 0 saturated heterocycles. The third kappa shape index (κ3) is 4.37. The van der Waals surface area contributed by atoms with E-state index in [2.05, 4.69) is 5.32 Å². The van der Waals surface area contributed by atoms with Crippen LogP contribution in [0, 0.1) is 6.92 Å². The Balaban J connectivity index is 2.39. The molecule has 1 N–H and O–H groups in total. The van der Waals surface area contributed by atoms with Crippen LogP contribution in [0.15, 0.2) is 47.4 Å². The molecule has 2 aromatic rings. The zero-order valence-corrected chi connectivity index (χ0v) is 16.9. The van der Waals surface area contributed by atoms with E-state index >= 15 is 0 Å². The van der Waals surface area contributed by atoms with Crippen LogP contribution >= 0.6 is 11.6 Å². The van der Waals surface area contributed by atoms with E-state index in [0.717, 1.165) is 12.0 Å². The summed E-state index contributed by atoms with van der Waals surface area (Å²) >= 11 is 5.84. The molecular formula is C19H23ClN2O3S. The van der Waals surface area contributed by atoms with Crippen molar-refractivity contribution in [3.05, 3.63) is 58.6 Å². The van der Waals surface area contributed by atoms with Crippen molar-refractivity contribution >= 4 is 33.2 Å². The van der Waals surface area contributed by atoms with Crippen molar-refractivity contribution in [1.29, 1.82) is 0 Å². The summed E-state index contributed by atoms with van der Waals surface area (Å²) in [5, 5.41) is 3.35. The molecule has 0 bridgehead atoms. The molecule has 0 aromatic heterocycles. The number of carbonyl (C=O) groups excluding carboxylic acids is 1. The van der Waals surface area contributed by atoms with Gasteiger partial charge in [0.1, 0.15) is 0 Å². The average Bonchev–Trinajstić information content (AvgIpc) is 2.61. The Hall–Kier alpha value is -2.05. The van der Waals surface area contributed by atoms with Gasteiger partial charge in [0.15, 0.2) is 0 Å². The number of hydrogen-bond acceptors (Lipinski definition) is 3. The standard InChI is InChI=1S/C19H23ClN2O3S/c1-5-14(3)21-19(23)15-7-6-13(2)18(12-15)22(4)26(24,25)17-10-8-16(20)9-11-17/h6-12,14H,5H2,1-4H3,(H,21,23)/t14-/m1/s1. The molecular weight excluding hydrogens is 372 g/mol. The number of aryl methyl sites for hydroxylation is 1. The predicted molar refractivity (Wildman–Crippen MR) is 105 cm³/mol. The van der Waals surface area contributed by atoms with E-state index in [0.29, 0.717) is 16.3 Å². The normalized spacial score (nSPS) is 12.5. The van der Waals surface area contributed by atoms with E-state index in [-0.39, 0.29) is 16.8 Å². The Labute approximate surface area is 160 Å². The lowest BCUT2D eigenvalue weighted by atomic mass is 10.1. The van der Waals surface area contributed by atoms with E-state index in [1.54, 1.807) is 25.1 Å². The number of carbonyl (C=O) groups is 1. The molecule has 0 heterocycles. The summed E-state index contributed by atoms with van der Waals surface area (Å²) in [5.41, 5.74) is 1.63. The number of nitrogens with zero attached hydrogens (tertiary/aromatic N) is 1. The fourth-order valence-electron chi connectivity index (χ4n) is 2.39. The second-order valence-electron chi connectivity index (χ2n) is 6.21. The molecule has 0 aliphatic heterocycles. The van der Waals surface area contributed by atoms with Gasteiger partial charge in [0.05, 0.1) is 10.6 Å². The van der Waals surface area contributed by atoms with Crippen LogP contribution in [0.2, 0.25) is 5.02 Å². The van der Waals surface area contributed by atoms with E-state index in [4.69, 9.17) is 11.6 Å². The molecule has 0 spiro atoms. The summed E-state index contributed by atoms with van der Waals surface area (Å²) < 4.78 is 27.0. The first-order chi connectivity index (χ1) is 12.2. The predicted octanol–water partition coefficient (Wildman–Crippen LogP) is 4.00. The number of nitrogens with one attached hydrogen (secondary N) is 1. The maximum absolute atomic E-state index is 12.9. The Morgan fingerprint density at radius 3 is 2.38 bits per heavy atom. The molecule has 0 radical (unpaired) electrons. The van der Waals surface area contributed by atoms with Crippen molar-refractivity contribution in [2.75, 3.05) is 11.4 Å².